The fourth-order valence-corrected chi connectivity index (χ4v) is 3.99. The average molecular weight is 352 g/mol. The molecular formula is C17H22ClN3OS. The van der Waals surface area contributed by atoms with E-state index >= 15 is 0 Å². The molecule has 2 N–H and O–H groups in total. The van der Waals surface area contributed by atoms with Crippen LogP contribution in [0.15, 0.2) is 30.6 Å². The molecule has 2 atom stereocenters. The quantitative estimate of drug-likeness (QED) is 0.818. The van der Waals surface area contributed by atoms with Gasteiger partial charge in [0.1, 0.15) is 6.33 Å². The van der Waals surface area contributed by atoms with Crippen LogP contribution < -0.4 is 0 Å². The highest BCUT2D eigenvalue weighted by molar-refractivity contribution is 7.71. The summed E-state index contributed by atoms with van der Waals surface area (Å²) >= 11 is 11.2. The number of rotatable bonds is 4. The average Bonchev–Trinajstić information content (AvgIpc) is 2.98. The van der Waals surface area contributed by atoms with E-state index in [2.05, 4.69) is 23.9 Å². The Balaban J connectivity index is 1.88. The summed E-state index contributed by atoms with van der Waals surface area (Å²) in [7, 11) is 0. The number of H-pyrrole nitrogens is 1. The Kier molecular flexibility index (Phi) is 4.38. The molecular weight excluding hydrogens is 330 g/mol. The maximum absolute atomic E-state index is 11.5. The minimum Gasteiger partial charge on any atom is -0.387 e. The number of hydrogen-bond acceptors (Lipinski definition) is 3. The molecule has 2 aromatic rings. The number of halogens is 1. The van der Waals surface area contributed by atoms with Crippen molar-refractivity contribution in [1.82, 2.24) is 14.8 Å². The topological polar surface area (TPSA) is 53.8 Å². The van der Waals surface area contributed by atoms with Crippen LogP contribution in [-0.4, -0.2) is 25.5 Å². The highest BCUT2D eigenvalue weighted by Crippen LogP contribution is 2.51. The zero-order chi connectivity index (χ0) is 16.7. The van der Waals surface area contributed by atoms with Crippen molar-refractivity contribution in [1.29, 1.82) is 0 Å². The number of aromatic amines is 1. The van der Waals surface area contributed by atoms with Crippen LogP contribution in [0.3, 0.4) is 0 Å². The molecule has 6 heteroatoms. The van der Waals surface area contributed by atoms with Crippen molar-refractivity contribution in [2.24, 2.45) is 11.3 Å². The standard InChI is InChI=1S/C17H22ClN3OS/c1-16(2)8-7-13(9-12-3-5-14(18)6-4-12)17(16,22)10-21-15(23)19-11-20-21/h3-6,11,13,22H,7-10H2,1-2H3,(H,19,20,23)/t13-,17+/m1/s1. The molecule has 1 fully saturated rings. The van der Waals surface area contributed by atoms with Crippen molar-refractivity contribution in [3.05, 3.63) is 45.9 Å². The first-order valence-electron chi connectivity index (χ1n) is 7.89. The van der Waals surface area contributed by atoms with Gasteiger partial charge in [0.25, 0.3) is 0 Å². The molecule has 1 aromatic carbocycles. The molecule has 1 saturated carbocycles. The van der Waals surface area contributed by atoms with Gasteiger partial charge in [-0.05, 0) is 60.5 Å². The zero-order valence-corrected chi connectivity index (χ0v) is 15.0. The van der Waals surface area contributed by atoms with Crippen molar-refractivity contribution in [2.75, 3.05) is 0 Å². The van der Waals surface area contributed by atoms with E-state index in [9.17, 15) is 5.11 Å². The van der Waals surface area contributed by atoms with E-state index < -0.39 is 5.60 Å². The third kappa shape index (κ3) is 3.10. The van der Waals surface area contributed by atoms with Gasteiger partial charge in [0.2, 0.25) is 4.77 Å². The van der Waals surface area contributed by atoms with E-state index in [1.165, 1.54) is 5.56 Å². The summed E-state index contributed by atoms with van der Waals surface area (Å²) in [5.41, 5.74) is 0.185. The van der Waals surface area contributed by atoms with E-state index in [4.69, 9.17) is 23.8 Å². The molecule has 1 heterocycles. The van der Waals surface area contributed by atoms with Crippen molar-refractivity contribution >= 4 is 23.8 Å². The lowest BCUT2D eigenvalue weighted by atomic mass is 9.72. The lowest BCUT2D eigenvalue weighted by molar-refractivity contribution is -0.0909. The van der Waals surface area contributed by atoms with Crippen LogP contribution >= 0.6 is 23.8 Å². The van der Waals surface area contributed by atoms with Gasteiger partial charge in [-0.3, -0.25) is 9.78 Å². The van der Waals surface area contributed by atoms with Crippen molar-refractivity contribution in [2.45, 2.75) is 45.3 Å². The maximum atomic E-state index is 11.5. The smallest absolute Gasteiger partial charge is 0.215 e. The number of aliphatic hydroxyl groups is 1. The number of nitrogens with one attached hydrogen (secondary N) is 1. The minimum absolute atomic E-state index is 0.170. The van der Waals surface area contributed by atoms with Crippen LogP contribution in [0, 0.1) is 16.1 Å². The SMILES string of the molecule is CC1(C)CC[C@H](Cc2ccc(Cl)cc2)[C@@]1(O)Cn1[nH]cnc1=S. The van der Waals surface area contributed by atoms with Gasteiger partial charge in [-0.15, -0.1) is 0 Å². The van der Waals surface area contributed by atoms with Crippen LogP contribution in [0.5, 0.6) is 0 Å². The van der Waals surface area contributed by atoms with Crippen molar-refractivity contribution < 1.29 is 5.11 Å². The molecule has 23 heavy (non-hydrogen) atoms. The summed E-state index contributed by atoms with van der Waals surface area (Å²) in [5.74, 6) is 0.170. The summed E-state index contributed by atoms with van der Waals surface area (Å²) in [6.45, 7) is 4.71. The maximum Gasteiger partial charge on any atom is 0.215 e. The van der Waals surface area contributed by atoms with E-state index in [1.54, 1.807) is 11.0 Å². The number of hydrogen-bond donors (Lipinski definition) is 2. The predicted molar refractivity (Wildman–Crippen MR) is 94.0 cm³/mol. The molecule has 0 aliphatic heterocycles. The Morgan fingerprint density at radius 2 is 2.09 bits per heavy atom. The van der Waals surface area contributed by atoms with Crippen LogP contribution in [0.2, 0.25) is 5.02 Å². The third-order valence-corrected chi connectivity index (χ3v) is 5.96. The third-order valence-electron chi connectivity index (χ3n) is 5.38. The van der Waals surface area contributed by atoms with Gasteiger partial charge in [-0.25, -0.2) is 4.98 Å². The van der Waals surface area contributed by atoms with E-state index in [-0.39, 0.29) is 11.3 Å². The molecule has 4 nitrogen and oxygen atoms in total. The molecule has 0 saturated heterocycles. The van der Waals surface area contributed by atoms with Gasteiger partial charge in [0, 0.05) is 5.02 Å². The molecule has 0 unspecified atom stereocenters. The summed E-state index contributed by atoms with van der Waals surface area (Å²) in [4.78, 5) is 4.05. The molecule has 0 amide bonds. The predicted octanol–water partition coefficient (Wildman–Crippen LogP) is 4.00. The summed E-state index contributed by atoms with van der Waals surface area (Å²) in [6, 6.07) is 7.88. The monoisotopic (exact) mass is 351 g/mol. The second-order valence-corrected chi connectivity index (χ2v) is 7.93. The second-order valence-electron chi connectivity index (χ2n) is 7.13. The lowest BCUT2D eigenvalue weighted by Gasteiger charge is -2.41. The van der Waals surface area contributed by atoms with Crippen molar-refractivity contribution in [3.63, 3.8) is 0 Å². The Labute approximate surface area is 146 Å². The van der Waals surface area contributed by atoms with Crippen LogP contribution in [0.4, 0.5) is 0 Å². The fourth-order valence-electron chi connectivity index (χ4n) is 3.69. The molecule has 1 aliphatic rings. The first-order valence-corrected chi connectivity index (χ1v) is 8.67. The normalized spacial score (nSPS) is 26.5. The van der Waals surface area contributed by atoms with Crippen LogP contribution in [-0.2, 0) is 13.0 Å². The van der Waals surface area contributed by atoms with E-state index in [1.807, 2.05) is 24.3 Å². The summed E-state index contributed by atoms with van der Waals surface area (Å²) in [6.07, 6.45) is 4.39. The highest BCUT2D eigenvalue weighted by atomic mass is 35.5. The summed E-state index contributed by atoms with van der Waals surface area (Å²) in [5, 5.41) is 15.3. The first-order chi connectivity index (χ1) is 10.8. The number of aromatic nitrogens is 3. The highest BCUT2D eigenvalue weighted by Gasteiger charge is 2.54. The number of benzene rings is 1. The molecule has 0 spiro atoms. The van der Waals surface area contributed by atoms with Crippen LogP contribution in [0.25, 0.3) is 0 Å². The minimum atomic E-state index is -0.836. The number of nitrogens with zero attached hydrogens (tertiary/aromatic N) is 2. The van der Waals surface area contributed by atoms with Gasteiger partial charge >= 0.3 is 0 Å². The Morgan fingerprint density at radius 1 is 1.39 bits per heavy atom. The van der Waals surface area contributed by atoms with Gasteiger partial charge in [-0.1, -0.05) is 37.6 Å². The Hall–Kier alpha value is -1.17. The van der Waals surface area contributed by atoms with Gasteiger partial charge in [0.15, 0.2) is 0 Å². The van der Waals surface area contributed by atoms with Gasteiger partial charge < -0.3 is 5.11 Å². The zero-order valence-electron chi connectivity index (χ0n) is 13.4. The fraction of sp³-hybridized carbons (Fsp3) is 0.529. The van der Waals surface area contributed by atoms with Crippen LogP contribution in [0.1, 0.15) is 32.3 Å². The van der Waals surface area contributed by atoms with Crippen molar-refractivity contribution in [3.8, 4) is 0 Å². The van der Waals surface area contributed by atoms with Gasteiger partial charge in [-0.2, -0.15) is 0 Å². The largest absolute Gasteiger partial charge is 0.387 e. The first kappa shape index (κ1) is 16.7. The Morgan fingerprint density at radius 3 is 2.70 bits per heavy atom. The molecule has 3 rings (SSSR count). The van der Waals surface area contributed by atoms with Gasteiger partial charge in [0.05, 0.1) is 12.1 Å². The molecule has 1 aliphatic carbocycles. The molecule has 124 valence electrons. The second kappa shape index (κ2) is 6.04. The molecule has 0 bridgehead atoms. The molecule has 0 radical (unpaired) electrons. The lowest BCUT2D eigenvalue weighted by Crippen LogP contribution is -2.49. The Bertz CT molecular complexity index is 737. The summed E-state index contributed by atoms with van der Waals surface area (Å²) < 4.78 is 2.24. The van der Waals surface area contributed by atoms with E-state index in [0.29, 0.717) is 11.3 Å². The van der Waals surface area contributed by atoms with E-state index in [0.717, 1.165) is 24.3 Å². The molecule has 1 aromatic heterocycles.